The van der Waals surface area contributed by atoms with Gasteiger partial charge in [0, 0.05) is 25.3 Å². The smallest absolute Gasteiger partial charge is 0.165 e. The van der Waals surface area contributed by atoms with Crippen LogP contribution >= 0.6 is 0 Å². The third-order valence-corrected chi connectivity index (χ3v) is 4.75. The topological polar surface area (TPSA) is 75.9 Å². The molecular formula is C15H22N8. The second kappa shape index (κ2) is 6.19. The van der Waals surface area contributed by atoms with E-state index in [2.05, 4.69) is 42.6 Å². The number of likely N-dealkylation sites (N-methyl/N-ethyl adjacent to an activating group) is 1. The van der Waals surface area contributed by atoms with Crippen LogP contribution in [0.1, 0.15) is 37.5 Å². The van der Waals surface area contributed by atoms with Gasteiger partial charge in [0.1, 0.15) is 0 Å². The van der Waals surface area contributed by atoms with Gasteiger partial charge in [0.25, 0.3) is 0 Å². The molecule has 0 aromatic carbocycles. The molecule has 1 saturated heterocycles. The Bertz CT molecular complexity index is 638. The van der Waals surface area contributed by atoms with Crippen LogP contribution in [0.4, 0.5) is 5.82 Å². The minimum atomic E-state index is 0.482. The van der Waals surface area contributed by atoms with Crippen LogP contribution in [0.3, 0.4) is 0 Å². The first-order chi connectivity index (χ1) is 11.3. The quantitative estimate of drug-likeness (QED) is 0.811. The number of tetrazole rings is 1. The molecule has 0 spiro atoms. The van der Waals surface area contributed by atoms with E-state index in [9.17, 15) is 0 Å². The molecule has 122 valence electrons. The highest BCUT2D eigenvalue weighted by atomic mass is 15.6. The van der Waals surface area contributed by atoms with Crippen LogP contribution in [0.15, 0.2) is 18.3 Å². The van der Waals surface area contributed by atoms with Crippen molar-refractivity contribution in [1.29, 1.82) is 0 Å². The number of hydrogen-bond acceptors (Lipinski definition) is 7. The predicted molar refractivity (Wildman–Crippen MR) is 84.8 cm³/mol. The van der Waals surface area contributed by atoms with E-state index >= 15 is 0 Å². The van der Waals surface area contributed by atoms with E-state index in [-0.39, 0.29) is 0 Å². The summed E-state index contributed by atoms with van der Waals surface area (Å²) in [5.74, 6) is 1.94. The molecule has 8 heteroatoms. The van der Waals surface area contributed by atoms with E-state index < -0.39 is 0 Å². The van der Waals surface area contributed by atoms with Gasteiger partial charge in [0.15, 0.2) is 11.6 Å². The first-order valence-electron chi connectivity index (χ1n) is 8.31. The fourth-order valence-corrected chi connectivity index (χ4v) is 3.26. The maximum Gasteiger partial charge on any atom is 0.165 e. The molecule has 2 aliphatic rings. The Morgan fingerprint density at radius 1 is 1.26 bits per heavy atom. The summed E-state index contributed by atoms with van der Waals surface area (Å²) in [6, 6.07) is 4.98. The number of nitrogens with zero attached hydrogens (tertiary/aromatic N) is 8. The average molecular weight is 314 g/mol. The Balaban J connectivity index is 1.41. The van der Waals surface area contributed by atoms with E-state index in [0.717, 1.165) is 31.3 Å². The lowest BCUT2D eigenvalue weighted by Gasteiger charge is -2.37. The van der Waals surface area contributed by atoms with Gasteiger partial charge in [-0.1, -0.05) is 0 Å². The van der Waals surface area contributed by atoms with Crippen molar-refractivity contribution in [3.05, 3.63) is 24.2 Å². The zero-order chi connectivity index (χ0) is 15.6. The van der Waals surface area contributed by atoms with Gasteiger partial charge in [-0.15, -0.1) is 10.2 Å². The predicted octanol–water partition coefficient (Wildman–Crippen LogP) is 0.899. The van der Waals surface area contributed by atoms with Gasteiger partial charge in [-0.05, 0) is 55.3 Å². The van der Waals surface area contributed by atoms with Crippen molar-refractivity contribution >= 4 is 5.82 Å². The second-order valence-electron chi connectivity index (χ2n) is 6.51. The van der Waals surface area contributed by atoms with Crippen molar-refractivity contribution in [2.75, 3.05) is 25.0 Å². The fourth-order valence-electron chi connectivity index (χ4n) is 3.26. The molecule has 1 aliphatic carbocycles. The van der Waals surface area contributed by atoms with E-state index in [1.165, 1.54) is 25.7 Å². The largest absolute Gasteiger partial charge is 0.354 e. The lowest BCUT2D eigenvalue weighted by atomic mass is 10.0. The Kier molecular flexibility index (Phi) is 3.90. The van der Waals surface area contributed by atoms with Crippen LogP contribution in [0.2, 0.25) is 0 Å². The van der Waals surface area contributed by atoms with Crippen molar-refractivity contribution in [3.63, 3.8) is 0 Å². The summed E-state index contributed by atoms with van der Waals surface area (Å²) in [5, 5.41) is 20.4. The van der Waals surface area contributed by atoms with Crippen molar-refractivity contribution in [3.8, 4) is 0 Å². The molecule has 2 aromatic heterocycles. The average Bonchev–Trinajstić information content (AvgIpc) is 3.35. The molecular weight excluding hydrogens is 292 g/mol. The SMILES string of the molecule is CN(Cc1nnnn1C1CC1)[C@H]1CCCN(c2cccnn2)C1. The number of aromatic nitrogens is 6. The van der Waals surface area contributed by atoms with E-state index in [0.29, 0.717) is 12.1 Å². The normalized spacial score (nSPS) is 21.8. The zero-order valence-corrected chi connectivity index (χ0v) is 13.4. The van der Waals surface area contributed by atoms with Crippen molar-refractivity contribution in [1.82, 2.24) is 35.3 Å². The first-order valence-corrected chi connectivity index (χ1v) is 8.31. The van der Waals surface area contributed by atoms with Crippen molar-refractivity contribution in [2.24, 2.45) is 0 Å². The van der Waals surface area contributed by atoms with Gasteiger partial charge in [0.05, 0.1) is 12.6 Å². The lowest BCUT2D eigenvalue weighted by Crippen LogP contribution is -2.46. The van der Waals surface area contributed by atoms with Gasteiger partial charge in [-0.2, -0.15) is 5.10 Å². The third kappa shape index (κ3) is 3.17. The van der Waals surface area contributed by atoms with Crippen molar-refractivity contribution < 1.29 is 0 Å². The van der Waals surface area contributed by atoms with Crippen LogP contribution in [-0.4, -0.2) is 61.5 Å². The highest BCUT2D eigenvalue weighted by Gasteiger charge is 2.30. The molecule has 0 unspecified atom stereocenters. The summed E-state index contributed by atoms with van der Waals surface area (Å²) in [4.78, 5) is 4.69. The van der Waals surface area contributed by atoms with Gasteiger partial charge in [-0.3, -0.25) is 4.90 Å². The van der Waals surface area contributed by atoms with E-state index in [1.807, 2.05) is 16.8 Å². The fraction of sp³-hybridized carbons (Fsp3) is 0.667. The van der Waals surface area contributed by atoms with E-state index in [4.69, 9.17) is 0 Å². The molecule has 1 aliphatic heterocycles. The van der Waals surface area contributed by atoms with Gasteiger partial charge in [-0.25, -0.2) is 4.68 Å². The Hall–Kier alpha value is -2.09. The molecule has 1 atom stereocenters. The number of anilines is 1. The summed E-state index contributed by atoms with van der Waals surface area (Å²) < 4.78 is 2.00. The Morgan fingerprint density at radius 2 is 2.17 bits per heavy atom. The number of hydrogen-bond donors (Lipinski definition) is 0. The van der Waals surface area contributed by atoms with Gasteiger partial charge in [0.2, 0.25) is 0 Å². The Labute approximate surface area is 135 Å². The summed E-state index contributed by atoms with van der Waals surface area (Å²) in [7, 11) is 2.16. The summed E-state index contributed by atoms with van der Waals surface area (Å²) in [6.07, 6.45) is 6.48. The maximum absolute atomic E-state index is 4.24. The molecule has 4 rings (SSSR count). The molecule has 0 N–H and O–H groups in total. The maximum atomic E-state index is 4.24. The van der Waals surface area contributed by atoms with E-state index in [1.54, 1.807) is 6.20 Å². The molecule has 3 heterocycles. The summed E-state index contributed by atoms with van der Waals surface area (Å²) in [5.41, 5.74) is 0. The standard InChI is InChI=1S/C15H22N8/c1-21(11-15-18-19-20-23(15)12-6-7-12)13-4-3-9-22(10-13)14-5-2-8-16-17-14/h2,5,8,12-13H,3-4,6-7,9-11H2,1H3/t13-/m0/s1. The van der Waals surface area contributed by atoms with Crippen LogP contribution < -0.4 is 4.90 Å². The summed E-state index contributed by atoms with van der Waals surface area (Å²) in [6.45, 7) is 2.81. The first kappa shape index (κ1) is 14.5. The molecule has 1 saturated carbocycles. The number of rotatable bonds is 5. The minimum Gasteiger partial charge on any atom is -0.354 e. The third-order valence-electron chi connectivity index (χ3n) is 4.75. The molecule has 2 fully saturated rings. The van der Waals surface area contributed by atoms with Crippen LogP contribution in [0, 0.1) is 0 Å². The van der Waals surface area contributed by atoms with Gasteiger partial charge < -0.3 is 4.90 Å². The second-order valence-corrected chi connectivity index (χ2v) is 6.51. The lowest BCUT2D eigenvalue weighted by molar-refractivity contribution is 0.199. The molecule has 0 bridgehead atoms. The number of piperidine rings is 1. The van der Waals surface area contributed by atoms with Crippen molar-refractivity contribution in [2.45, 2.75) is 44.3 Å². The van der Waals surface area contributed by atoms with Crippen LogP contribution in [-0.2, 0) is 6.54 Å². The van der Waals surface area contributed by atoms with Gasteiger partial charge >= 0.3 is 0 Å². The minimum absolute atomic E-state index is 0.482. The molecule has 0 amide bonds. The zero-order valence-electron chi connectivity index (χ0n) is 13.4. The van der Waals surface area contributed by atoms with Crippen LogP contribution in [0.5, 0.6) is 0 Å². The molecule has 0 radical (unpaired) electrons. The molecule has 23 heavy (non-hydrogen) atoms. The van der Waals surface area contributed by atoms with Crippen LogP contribution in [0.25, 0.3) is 0 Å². The highest BCUT2D eigenvalue weighted by Crippen LogP contribution is 2.34. The monoisotopic (exact) mass is 314 g/mol. The Morgan fingerprint density at radius 3 is 2.96 bits per heavy atom. The molecule has 2 aromatic rings. The summed E-state index contributed by atoms with van der Waals surface area (Å²) >= 11 is 0. The molecule has 8 nitrogen and oxygen atoms in total. The highest BCUT2D eigenvalue weighted by molar-refractivity contribution is 5.37.